The van der Waals surface area contributed by atoms with Crippen LogP contribution in [0.4, 0.5) is 11.4 Å². The number of benzene rings is 2. The molecule has 1 fully saturated rings. The van der Waals surface area contributed by atoms with Crippen LogP contribution in [0.1, 0.15) is 36.1 Å². The molecular formula is C24H29N2O4P. The maximum absolute atomic E-state index is 13.7. The minimum absolute atomic E-state index is 0.0345. The highest BCUT2D eigenvalue weighted by molar-refractivity contribution is 7.65. The Bertz CT molecular complexity index is 1090. The number of hydrogen-bond acceptors (Lipinski definition) is 5. The molecule has 2 aliphatic heterocycles. The van der Waals surface area contributed by atoms with Crippen LogP contribution in [-0.2, 0) is 24.8 Å². The van der Waals surface area contributed by atoms with Gasteiger partial charge >= 0.3 is 7.60 Å². The number of hydrogen-bond donors (Lipinski definition) is 2. The minimum Gasteiger partial charge on any atom is -0.381 e. The first-order chi connectivity index (χ1) is 14.7. The topological polar surface area (TPSA) is 76.7 Å². The molecule has 2 heterocycles. The fourth-order valence-electron chi connectivity index (χ4n) is 3.78. The molecule has 1 amide bonds. The van der Waals surface area contributed by atoms with Crippen molar-refractivity contribution in [3.8, 4) is 0 Å². The lowest BCUT2D eigenvalue weighted by molar-refractivity contribution is -0.115. The van der Waals surface area contributed by atoms with Gasteiger partial charge in [0.2, 0.25) is 5.91 Å². The van der Waals surface area contributed by atoms with E-state index in [1.54, 1.807) is 0 Å². The molecule has 2 aromatic carbocycles. The van der Waals surface area contributed by atoms with Crippen molar-refractivity contribution >= 4 is 30.2 Å². The van der Waals surface area contributed by atoms with Gasteiger partial charge in [0.05, 0.1) is 24.9 Å². The number of carbonyl (C=O) groups excluding carboxylic acids is 1. The van der Waals surface area contributed by atoms with Crippen molar-refractivity contribution in [3.63, 3.8) is 0 Å². The summed E-state index contributed by atoms with van der Waals surface area (Å²) in [5.41, 5.74) is 5.62. The summed E-state index contributed by atoms with van der Waals surface area (Å²) in [4.78, 5) is 11.8. The van der Waals surface area contributed by atoms with Crippen LogP contribution in [0, 0.1) is 19.3 Å². The van der Waals surface area contributed by atoms with Crippen LogP contribution >= 0.6 is 7.60 Å². The van der Waals surface area contributed by atoms with Crippen molar-refractivity contribution in [2.24, 2.45) is 5.41 Å². The molecule has 31 heavy (non-hydrogen) atoms. The predicted octanol–water partition coefficient (Wildman–Crippen LogP) is 5.52. The van der Waals surface area contributed by atoms with E-state index in [2.05, 4.69) is 36.6 Å². The minimum atomic E-state index is -3.49. The highest BCUT2D eigenvalue weighted by atomic mass is 31.2. The van der Waals surface area contributed by atoms with E-state index in [1.165, 1.54) is 5.56 Å². The first-order valence-corrected chi connectivity index (χ1v) is 12.0. The summed E-state index contributed by atoms with van der Waals surface area (Å²) in [7, 11) is -3.49. The van der Waals surface area contributed by atoms with E-state index in [0.29, 0.717) is 31.5 Å². The summed E-state index contributed by atoms with van der Waals surface area (Å²) >= 11 is 0. The number of nitrogens with one attached hydrogen (secondary N) is 2. The SMILES string of the molecule is Cc1ccc(NCC=C(c2ccc3c(c2)CC(=O)N3)P2(=O)OCC(C)(C)CO2)c(C)c1. The second-order valence-corrected chi connectivity index (χ2v) is 11.1. The van der Waals surface area contributed by atoms with Crippen molar-refractivity contribution < 1.29 is 18.4 Å². The smallest absolute Gasteiger partial charge is 0.361 e. The van der Waals surface area contributed by atoms with Crippen molar-refractivity contribution in [3.05, 3.63) is 64.7 Å². The van der Waals surface area contributed by atoms with Gasteiger partial charge < -0.3 is 19.7 Å². The van der Waals surface area contributed by atoms with Crippen LogP contribution in [-0.4, -0.2) is 25.7 Å². The van der Waals surface area contributed by atoms with E-state index in [9.17, 15) is 9.36 Å². The lowest BCUT2D eigenvalue weighted by Crippen LogP contribution is -2.29. The molecule has 2 aromatic rings. The van der Waals surface area contributed by atoms with Crippen LogP contribution in [0.15, 0.2) is 42.5 Å². The van der Waals surface area contributed by atoms with Crippen molar-refractivity contribution in [2.75, 3.05) is 30.4 Å². The summed E-state index contributed by atoms with van der Waals surface area (Å²) in [5.74, 6) is -0.0345. The highest BCUT2D eigenvalue weighted by Crippen LogP contribution is 2.63. The van der Waals surface area contributed by atoms with E-state index in [1.807, 2.05) is 44.2 Å². The molecule has 0 aromatic heterocycles. The van der Waals surface area contributed by atoms with E-state index in [0.717, 1.165) is 28.1 Å². The Morgan fingerprint density at radius 3 is 2.61 bits per heavy atom. The molecule has 0 spiro atoms. The van der Waals surface area contributed by atoms with Gasteiger partial charge in [0.15, 0.2) is 0 Å². The van der Waals surface area contributed by atoms with E-state index >= 15 is 0 Å². The molecule has 0 atom stereocenters. The van der Waals surface area contributed by atoms with Gasteiger partial charge in [-0.15, -0.1) is 0 Å². The van der Waals surface area contributed by atoms with Crippen LogP contribution < -0.4 is 10.6 Å². The lowest BCUT2D eigenvalue weighted by Gasteiger charge is -2.35. The average molecular weight is 440 g/mol. The van der Waals surface area contributed by atoms with E-state index in [4.69, 9.17) is 9.05 Å². The Kier molecular flexibility index (Phi) is 5.82. The summed E-state index contributed by atoms with van der Waals surface area (Å²) < 4.78 is 25.4. The van der Waals surface area contributed by atoms with E-state index in [-0.39, 0.29) is 11.3 Å². The molecule has 0 bridgehead atoms. The molecule has 4 rings (SSSR count). The van der Waals surface area contributed by atoms with Gasteiger partial charge in [-0.3, -0.25) is 9.36 Å². The first-order valence-electron chi connectivity index (χ1n) is 10.5. The Labute approximate surface area is 183 Å². The number of rotatable bonds is 5. The van der Waals surface area contributed by atoms with Gasteiger partial charge in [-0.2, -0.15) is 0 Å². The molecule has 0 unspecified atom stereocenters. The van der Waals surface area contributed by atoms with Crippen LogP contribution in [0.2, 0.25) is 0 Å². The molecule has 0 aliphatic carbocycles. The molecule has 6 nitrogen and oxygen atoms in total. The van der Waals surface area contributed by atoms with Crippen molar-refractivity contribution in [1.29, 1.82) is 0 Å². The van der Waals surface area contributed by atoms with Crippen LogP contribution in [0.3, 0.4) is 0 Å². The standard InChI is InChI=1S/C24H29N2O4P/c1-16-5-7-20(17(2)11-16)25-10-9-22(31(28)29-14-24(3,4)15-30-31)18-6-8-21-19(12-18)13-23(27)26-21/h5-9,11-12,25H,10,13-15H2,1-4H3,(H,26,27). The molecule has 0 radical (unpaired) electrons. The third-order valence-corrected chi connectivity index (χ3v) is 7.51. The summed E-state index contributed by atoms with van der Waals surface area (Å²) in [5, 5.41) is 6.76. The van der Waals surface area contributed by atoms with Crippen LogP contribution in [0.5, 0.6) is 0 Å². The fourth-order valence-corrected chi connectivity index (χ4v) is 5.95. The van der Waals surface area contributed by atoms with Gasteiger partial charge in [-0.25, -0.2) is 0 Å². The molecule has 7 heteroatoms. The van der Waals surface area contributed by atoms with Crippen molar-refractivity contribution in [2.45, 2.75) is 34.1 Å². The first kappa shape index (κ1) is 21.8. The molecule has 2 N–H and O–H groups in total. The third-order valence-electron chi connectivity index (χ3n) is 5.54. The van der Waals surface area contributed by atoms with Crippen molar-refractivity contribution in [1.82, 2.24) is 0 Å². The quantitative estimate of drug-likeness (QED) is 0.599. The van der Waals surface area contributed by atoms with Crippen LogP contribution in [0.25, 0.3) is 5.31 Å². The zero-order valence-electron chi connectivity index (χ0n) is 18.5. The van der Waals surface area contributed by atoms with Gasteiger partial charge in [-0.1, -0.05) is 37.6 Å². The Balaban J connectivity index is 1.64. The van der Waals surface area contributed by atoms with Gasteiger partial charge in [0.25, 0.3) is 0 Å². The van der Waals surface area contributed by atoms with Gasteiger partial charge in [-0.05, 0) is 54.8 Å². The second kappa shape index (κ2) is 8.27. The third kappa shape index (κ3) is 4.77. The fraction of sp³-hybridized carbons (Fsp3) is 0.375. The Morgan fingerprint density at radius 1 is 1.16 bits per heavy atom. The maximum atomic E-state index is 13.7. The zero-order chi connectivity index (χ0) is 22.2. The zero-order valence-corrected chi connectivity index (χ0v) is 19.3. The number of fused-ring (bicyclic) bond motifs is 1. The molecule has 2 aliphatic rings. The number of anilines is 2. The largest absolute Gasteiger partial charge is 0.381 e. The maximum Gasteiger partial charge on any atom is 0.361 e. The molecule has 164 valence electrons. The average Bonchev–Trinajstić information content (AvgIpc) is 3.08. The number of aryl methyl sites for hydroxylation is 2. The molecular weight excluding hydrogens is 411 g/mol. The second-order valence-electron chi connectivity index (χ2n) is 9.09. The highest BCUT2D eigenvalue weighted by Gasteiger charge is 2.40. The number of amides is 1. The van der Waals surface area contributed by atoms with Gasteiger partial charge in [0, 0.05) is 23.3 Å². The van der Waals surface area contributed by atoms with Gasteiger partial charge in [0.1, 0.15) is 0 Å². The van der Waals surface area contributed by atoms with E-state index < -0.39 is 7.60 Å². The lowest BCUT2D eigenvalue weighted by atomic mass is 9.97. The Hall–Kier alpha value is -2.40. The molecule has 0 saturated carbocycles. The summed E-state index contributed by atoms with van der Waals surface area (Å²) in [6.45, 7) is 9.35. The predicted molar refractivity (Wildman–Crippen MR) is 124 cm³/mol. The molecule has 1 saturated heterocycles. The number of carbonyl (C=O) groups is 1. The normalized spacial score (nSPS) is 19.6. The Morgan fingerprint density at radius 2 is 1.90 bits per heavy atom. The summed E-state index contributed by atoms with van der Waals surface area (Å²) in [6, 6.07) is 11.8. The monoisotopic (exact) mass is 440 g/mol. The summed E-state index contributed by atoms with van der Waals surface area (Å²) in [6.07, 6.45) is 2.20.